The Morgan fingerprint density at radius 3 is 2.75 bits per heavy atom. The maximum absolute atomic E-state index is 10.2. The highest BCUT2D eigenvalue weighted by atomic mass is 127. The number of pyridine rings is 1. The van der Waals surface area contributed by atoms with Gasteiger partial charge in [0.05, 0.1) is 21.8 Å². The number of phenolic OH excluding ortho intramolecular Hbond substituents is 1. The second-order valence-electron chi connectivity index (χ2n) is 4.09. The molecule has 0 aliphatic carbocycles. The van der Waals surface area contributed by atoms with Gasteiger partial charge in [0.15, 0.2) is 5.65 Å². The zero-order valence-electron chi connectivity index (χ0n) is 10.3. The quantitative estimate of drug-likeness (QED) is 0.537. The number of methoxy groups -OCH3 is 1. The smallest absolute Gasteiger partial charge is 0.215 e. The monoisotopic (exact) mass is 493 g/mol. The van der Waals surface area contributed by atoms with E-state index in [1.807, 2.05) is 18.2 Å². The van der Waals surface area contributed by atoms with Crippen LogP contribution in [-0.4, -0.2) is 27.2 Å². The number of rotatable bonds is 2. The molecule has 0 fully saturated rings. The minimum absolute atomic E-state index is 0.219. The van der Waals surface area contributed by atoms with Crippen LogP contribution in [0.4, 0.5) is 0 Å². The first-order valence-corrected chi connectivity index (χ1v) is 7.83. The molecule has 0 saturated heterocycles. The predicted molar refractivity (Wildman–Crippen MR) is 93.0 cm³/mol. The van der Waals surface area contributed by atoms with Crippen LogP contribution in [0.1, 0.15) is 0 Å². The summed E-state index contributed by atoms with van der Waals surface area (Å²) in [6.07, 6.45) is 0. The van der Waals surface area contributed by atoms with Crippen LogP contribution in [0, 0.1) is 7.14 Å². The topological polar surface area (TPSA) is 71.0 Å². The zero-order chi connectivity index (χ0) is 14.3. The largest absolute Gasteiger partial charge is 0.506 e. The van der Waals surface area contributed by atoms with E-state index in [1.54, 1.807) is 13.2 Å². The van der Waals surface area contributed by atoms with Crippen molar-refractivity contribution in [3.05, 3.63) is 31.4 Å². The Kier molecular flexibility index (Phi) is 3.71. The van der Waals surface area contributed by atoms with Crippen LogP contribution < -0.4 is 4.74 Å². The first kappa shape index (κ1) is 13.9. The molecule has 1 aromatic carbocycles. The van der Waals surface area contributed by atoms with Gasteiger partial charge in [0.2, 0.25) is 5.88 Å². The summed E-state index contributed by atoms with van der Waals surface area (Å²) in [6, 6.07) is 7.41. The SMILES string of the molecule is COc1ccc2[nH]c(-c3cc(I)cc(I)c3O)nc2n1. The molecule has 2 N–H and O–H groups in total. The molecule has 0 aliphatic rings. The van der Waals surface area contributed by atoms with Gasteiger partial charge in [-0.3, -0.25) is 0 Å². The molecule has 3 rings (SSSR count). The molecule has 20 heavy (non-hydrogen) atoms. The van der Waals surface area contributed by atoms with E-state index in [-0.39, 0.29) is 5.75 Å². The Balaban J connectivity index is 2.20. The summed E-state index contributed by atoms with van der Waals surface area (Å²) < 4.78 is 6.90. The molecule has 2 aromatic heterocycles. The summed E-state index contributed by atoms with van der Waals surface area (Å²) in [5.74, 6) is 1.32. The van der Waals surface area contributed by atoms with Gasteiger partial charge in [0.25, 0.3) is 0 Å². The first-order valence-electron chi connectivity index (χ1n) is 5.67. The van der Waals surface area contributed by atoms with E-state index in [9.17, 15) is 5.11 Å². The van der Waals surface area contributed by atoms with Crippen molar-refractivity contribution < 1.29 is 9.84 Å². The first-order chi connectivity index (χ1) is 9.58. The number of benzene rings is 1. The van der Waals surface area contributed by atoms with Gasteiger partial charge >= 0.3 is 0 Å². The van der Waals surface area contributed by atoms with Crippen molar-refractivity contribution in [2.75, 3.05) is 7.11 Å². The highest BCUT2D eigenvalue weighted by Crippen LogP contribution is 2.34. The lowest BCUT2D eigenvalue weighted by atomic mass is 10.2. The number of halogens is 2. The number of fused-ring (bicyclic) bond motifs is 1. The zero-order valence-corrected chi connectivity index (χ0v) is 14.6. The van der Waals surface area contributed by atoms with Crippen LogP contribution in [0.3, 0.4) is 0 Å². The van der Waals surface area contributed by atoms with E-state index in [4.69, 9.17) is 4.74 Å². The van der Waals surface area contributed by atoms with Gasteiger partial charge in [0, 0.05) is 9.64 Å². The minimum Gasteiger partial charge on any atom is -0.506 e. The summed E-state index contributed by atoms with van der Waals surface area (Å²) in [4.78, 5) is 11.8. The summed E-state index contributed by atoms with van der Waals surface area (Å²) >= 11 is 4.31. The normalized spacial score (nSPS) is 10.9. The van der Waals surface area contributed by atoms with Crippen LogP contribution in [-0.2, 0) is 0 Å². The molecule has 2 heterocycles. The van der Waals surface area contributed by atoms with E-state index >= 15 is 0 Å². The Labute approximate surface area is 142 Å². The molecule has 7 heteroatoms. The third-order valence-corrected chi connectivity index (χ3v) is 4.26. The molecule has 0 saturated carbocycles. The molecular formula is C13H9I2N3O2. The summed E-state index contributed by atoms with van der Waals surface area (Å²) in [6.45, 7) is 0. The fourth-order valence-corrected chi connectivity index (χ4v) is 3.71. The Hall–Kier alpha value is -1.10. The third kappa shape index (κ3) is 2.43. The second-order valence-corrected chi connectivity index (χ2v) is 6.50. The molecule has 0 radical (unpaired) electrons. The molecular weight excluding hydrogens is 484 g/mol. The number of imidazole rings is 1. The van der Waals surface area contributed by atoms with Gasteiger partial charge in [-0.05, 0) is 63.4 Å². The number of nitrogens with one attached hydrogen (secondary N) is 1. The van der Waals surface area contributed by atoms with Crippen LogP contribution in [0.25, 0.3) is 22.6 Å². The maximum atomic E-state index is 10.2. The fraction of sp³-hybridized carbons (Fsp3) is 0.0769. The van der Waals surface area contributed by atoms with Crippen LogP contribution in [0.2, 0.25) is 0 Å². The predicted octanol–water partition coefficient (Wildman–Crippen LogP) is 3.55. The number of hydrogen-bond donors (Lipinski definition) is 2. The van der Waals surface area contributed by atoms with E-state index < -0.39 is 0 Å². The lowest BCUT2D eigenvalue weighted by Gasteiger charge is -2.04. The number of H-pyrrole nitrogens is 1. The molecule has 0 unspecified atom stereocenters. The van der Waals surface area contributed by atoms with Crippen molar-refractivity contribution in [3.63, 3.8) is 0 Å². The van der Waals surface area contributed by atoms with Gasteiger partial charge in [-0.2, -0.15) is 4.98 Å². The number of hydrogen-bond acceptors (Lipinski definition) is 4. The van der Waals surface area contributed by atoms with Crippen molar-refractivity contribution in [1.82, 2.24) is 15.0 Å². The van der Waals surface area contributed by atoms with Crippen molar-refractivity contribution in [2.24, 2.45) is 0 Å². The Morgan fingerprint density at radius 2 is 2.00 bits per heavy atom. The third-order valence-electron chi connectivity index (χ3n) is 2.81. The Bertz CT molecular complexity index is 802. The van der Waals surface area contributed by atoms with Crippen LogP contribution >= 0.6 is 45.2 Å². The average molecular weight is 493 g/mol. The number of nitrogens with zero attached hydrogens (tertiary/aromatic N) is 2. The highest BCUT2D eigenvalue weighted by molar-refractivity contribution is 14.1. The lowest BCUT2D eigenvalue weighted by Crippen LogP contribution is -1.87. The molecule has 0 amide bonds. The number of aromatic nitrogens is 3. The van der Waals surface area contributed by atoms with Gasteiger partial charge < -0.3 is 14.8 Å². The maximum Gasteiger partial charge on any atom is 0.215 e. The minimum atomic E-state index is 0.219. The van der Waals surface area contributed by atoms with Crippen molar-refractivity contribution >= 4 is 56.3 Å². The van der Waals surface area contributed by atoms with Crippen molar-refractivity contribution in [1.29, 1.82) is 0 Å². The van der Waals surface area contributed by atoms with Crippen LogP contribution in [0.15, 0.2) is 24.3 Å². The highest BCUT2D eigenvalue weighted by Gasteiger charge is 2.14. The number of aromatic amines is 1. The average Bonchev–Trinajstić information content (AvgIpc) is 2.85. The van der Waals surface area contributed by atoms with Gasteiger partial charge in [-0.15, -0.1) is 0 Å². The summed E-state index contributed by atoms with van der Waals surface area (Å²) in [7, 11) is 1.56. The number of ether oxygens (including phenoxy) is 1. The fourth-order valence-electron chi connectivity index (χ4n) is 1.86. The van der Waals surface area contributed by atoms with Crippen molar-refractivity contribution in [3.8, 4) is 23.0 Å². The second kappa shape index (κ2) is 5.35. The van der Waals surface area contributed by atoms with Gasteiger partial charge in [0.1, 0.15) is 11.6 Å². The molecule has 102 valence electrons. The summed E-state index contributed by atoms with van der Waals surface area (Å²) in [5.41, 5.74) is 2.03. The van der Waals surface area contributed by atoms with E-state index in [2.05, 4.69) is 60.1 Å². The van der Waals surface area contributed by atoms with Crippen molar-refractivity contribution in [2.45, 2.75) is 0 Å². The molecule has 0 aliphatic heterocycles. The van der Waals surface area contributed by atoms with Crippen LogP contribution in [0.5, 0.6) is 11.6 Å². The molecule has 0 atom stereocenters. The standard InChI is InChI=1S/C13H9I2N3O2/c1-20-10-3-2-9-13(17-10)18-12(16-9)7-4-6(14)5-8(15)11(7)19/h2-5,19H,1H3,(H,16,17,18). The van der Waals surface area contributed by atoms with E-state index in [0.29, 0.717) is 22.9 Å². The van der Waals surface area contributed by atoms with E-state index in [0.717, 1.165) is 12.7 Å². The molecule has 5 nitrogen and oxygen atoms in total. The van der Waals surface area contributed by atoms with Gasteiger partial charge in [-0.25, -0.2) is 4.98 Å². The molecule has 3 aromatic rings. The lowest BCUT2D eigenvalue weighted by molar-refractivity contribution is 0.399. The van der Waals surface area contributed by atoms with E-state index in [1.165, 1.54) is 0 Å². The number of phenols is 1. The van der Waals surface area contributed by atoms with Gasteiger partial charge in [-0.1, -0.05) is 0 Å². The molecule has 0 bridgehead atoms. The molecule has 0 spiro atoms. The Morgan fingerprint density at radius 1 is 1.20 bits per heavy atom. The summed E-state index contributed by atoms with van der Waals surface area (Å²) in [5, 5.41) is 10.2. The number of aromatic hydroxyl groups is 1.